The number of aromatic nitrogens is 1. The van der Waals surface area contributed by atoms with Crippen LogP contribution in [0.2, 0.25) is 0 Å². The maximum absolute atomic E-state index is 6.17. The normalized spacial score (nSPS) is 16.6. The van der Waals surface area contributed by atoms with E-state index in [9.17, 15) is 0 Å². The van der Waals surface area contributed by atoms with E-state index < -0.39 is 0 Å². The maximum atomic E-state index is 6.17. The number of thiazole rings is 1. The minimum atomic E-state index is 0.127. The Morgan fingerprint density at radius 1 is 1.33 bits per heavy atom. The van der Waals surface area contributed by atoms with Gasteiger partial charge in [-0.1, -0.05) is 0 Å². The third-order valence-electron chi connectivity index (χ3n) is 3.32. The second kappa shape index (κ2) is 4.71. The zero-order chi connectivity index (χ0) is 12.5. The highest BCUT2D eigenvalue weighted by Crippen LogP contribution is 2.40. The Morgan fingerprint density at radius 3 is 2.67 bits per heavy atom. The zero-order valence-corrected chi connectivity index (χ0v) is 11.1. The van der Waals surface area contributed by atoms with Crippen molar-refractivity contribution in [3.8, 4) is 17.0 Å². The van der Waals surface area contributed by atoms with Crippen LogP contribution in [0.15, 0.2) is 29.6 Å². The van der Waals surface area contributed by atoms with Crippen molar-refractivity contribution in [3.63, 3.8) is 0 Å². The highest BCUT2D eigenvalue weighted by molar-refractivity contribution is 7.10. The number of benzene rings is 1. The summed E-state index contributed by atoms with van der Waals surface area (Å²) >= 11 is 1.66. The largest absolute Gasteiger partial charge is 0.497 e. The van der Waals surface area contributed by atoms with E-state index in [1.165, 1.54) is 12.8 Å². The molecule has 1 atom stereocenters. The standard InChI is InChI=1S/C14H16N2OS/c1-17-11-6-4-9(5-7-11)12-8-18-14(16-12)13(15)10-2-3-10/h4-8,10,13H,2-3,15H2,1H3. The first-order chi connectivity index (χ1) is 8.78. The summed E-state index contributed by atoms with van der Waals surface area (Å²) in [6.45, 7) is 0. The highest BCUT2D eigenvalue weighted by Gasteiger charge is 2.31. The molecule has 0 bridgehead atoms. The van der Waals surface area contributed by atoms with Crippen LogP contribution in [0.25, 0.3) is 11.3 Å². The molecule has 18 heavy (non-hydrogen) atoms. The quantitative estimate of drug-likeness (QED) is 0.918. The molecule has 1 fully saturated rings. The van der Waals surface area contributed by atoms with Gasteiger partial charge in [0.1, 0.15) is 10.8 Å². The van der Waals surface area contributed by atoms with Gasteiger partial charge in [0.15, 0.2) is 0 Å². The number of hydrogen-bond donors (Lipinski definition) is 1. The van der Waals surface area contributed by atoms with Gasteiger partial charge in [-0.2, -0.15) is 0 Å². The number of nitrogens with zero attached hydrogens (tertiary/aromatic N) is 1. The number of nitrogens with two attached hydrogens (primary N) is 1. The van der Waals surface area contributed by atoms with Crippen molar-refractivity contribution in [3.05, 3.63) is 34.7 Å². The van der Waals surface area contributed by atoms with E-state index >= 15 is 0 Å². The van der Waals surface area contributed by atoms with Crippen LogP contribution in [0.1, 0.15) is 23.9 Å². The lowest BCUT2D eigenvalue weighted by Crippen LogP contribution is -2.11. The Labute approximate surface area is 111 Å². The summed E-state index contributed by atoms with van der Waals surface area (Å²) in [4.78, 5) is 4.65. The van der Waals surface area contributed by atoms with Crippen LogP contribution < -0.4 is 10.5 Å². The molecule has 1 saturated carbocycles. The molecule has 1 heterocycles. The van der Waals surface area contributed by atoms with Gasteiger partial charge in [-0.25, -0.2) is 4.98 Å². The average molecular weight is 260 g/mol. The van der Waals surface area contributed by atoms with Gasteiger partial charge >= 0.3 is 0 Å². The average Bonchev–Trinajstić information content (AvgIpc) is 3.15. The number of rotatable bonds is 4. The van der Waals surface area contributed by atoms with Gasteiger partial charge in [0.05, 0.1) is 18.8 Å². The van der Waals surface area contributed by atoms with Crippen molar-refractivity contribution in [1.29, 1.82) is 0 Å². The summed E-state index contributed by atoms with van der Waals surface area (Å²) in [5.41, 5.74) is 8.29. The van der Waals surface area contributed by atoms with E-state index in [4.69, 9.17) is 10.5 Å². The fourth-order valence-electron chi connectivity index (χ4n) is 1.99. The number of methoxy groups -OCH3 is 1. The van der Waals surface area contributed by atoms with Crippen LogP contribution in [0.3, 0.4) is 0 Å². The molecule has 0 spiro atoms. The summed E-state index contributed by atoms with van der Waals surface area (Å²) in [5, 5.41) is 3.14. The zero-order valence-electron chi connectivity index (χ0n) is 10.3. The van der Waals surface area contributed by atoms with Crippen LogP contribution in [0.4, 0.5) is 0 Å². The third-order valence-corrected chi connectivity index (χ3v) is 4.27. The Bertz CT molecular complexity index is 531. The minimum absolute atomic E-state index is 0.127. The summed E-state index contributed by atoms with van der Waals surface area (Å²) in [6, 6.07) is 8.09. The molecule has 4 heteroatoms. The monoisotopic (exact) mass is 260 g/mol. The van der Waals surface area contributed by atoms with Gasteiger partial charge in [0.25, 0.3) is 0 Å². The van der Waals surface area contributed by atoms with Gasteiger partial charge in [0, 0.05) is 10.9 Å². The molecule has 1 aliphatic carbocycles. The van der Waals surface area contributed by atoms with Crippen molar-refractivity contribution >= 4 is 11.3 Å². The third kappa shape index (κ3) is 2.26. The Balaban J connectivity index is 1.82. The Hall–Kier alpha value is -1.39. The van der Waals surface area contributed by atoms with Gasteiger partial charge in [-0.3, -0.25) is 0 Å². The molecule has 3 nitrogen and oxygen atoms in total. The summed E-state index contributed by atoms with van der Waals surface area (Å²) < 4.78 is 5.15. The molecular formula is C14H16N2OS. The van der Waals surface area contributed by atoms with E-state index in [1.807, 2.05) is 24.3 Å². The molecule has 2 N–H and O–H groups in total. The highest BCUT2D eigenvalue weighted by atomic mass is 32.1. The molecule has 0 aliphatic heterocycles. The van der Waals surface area contributed by atoms with Crippen molar-refractivity contribution < 1.29 is 4.74 Å². The van der Waals surface area contributed by atoms with Crippen molar-refractivity contribution in [2.45, 2.75) is 18.9 Å². The van der Waals surface area contributed by atoms with Gasteiger partial charge < -0.3 is 10.5 Å². The lowest BCUT2D eigenvalue weighted by molar-refractivity contribution is 0.415. The molecule has 0 radical (unpaired) electrons. The van der Waals surface area contributed by atoms with Crippen LogP contribution in [0.5, 0.6) is 5.75 Å². The van der Waals surface area contributed by atoms with E-state index in [2.05, 4.69) is 10.4 Å². The van der Waals surface area contributed by atoms with Crippen LogP contribution in [-0.4, -0.2) is 12.1 Å². The number of hydrogen-bond acceptors (Lipinski definition) is 4. The molecule has 1 aromatic heterocycles. The Kier molecular flexibility index (Phi) is 3.06. The molecular weight excluding hydrogens is 244 g/mol. The fraction of sp³-hybridized carbons (Fsp3) is 0.357. The minimum Gasteiger partial charge on any atom is -0.497 e. The van der Waals surface area contributed by atoms with Crippen molar-refractivity contribution in [2.24, 2.45) is 11.7 Å². The maximum Gasteiger partial charge on any atom is 0.118 e. The Morgan fingerprint density at radius 2 is 2.06 bits per heavy atom. The van der Waals surface area contributed by atoms with Crippen LogP contribution >= 0.6 is 11.3 Å². The first kappa shape index (κ1) is 11.7. The molecule has 94 valence electrons. The van der Waals surface area contributed by atoms with E-state index in [1.54, 1.807) is 18.4 Å². The van der Waals surface area contributed by atoms with E-state index in [0.29, 0.717) is 5.92 Å². The molecule has 2 aromatic rings. The van der Waals surface area contributed by atoms with E-state index in [-0.39, 0.29) is 6.04 Å². The van der Waals surface area contributed by atoms with Gasteiger partial charge in [0.2, 0.25) is 0 Å². The lowest BCUT2D eigenvalue weighted by Gasteiger charge is -2.05. The predicted molar refractivity (Wildman–Crippen MR) is 73.8 cm³/mol. The smallest absolute Gasteiger partial charge is 0.118 e. The molecule has 1 aliphatic rings. The summed E-state index contributed by atoms with van der Waals surface area (Å²) in [7, 11) is 1.67. The van der Waals surface area contributed by atoms with Crippen molar-refractivity contribution in [2.75, 3.05) is 7.11 Å². The second-order valence-electron chi connectivity index (χ2n) is 4.66. The SMILES string of the molecule is COc1ccc(-c2csc(C(N)C3CC3)n2)cc1. The summed E-state index contributed by atoms with van der Waals surface area (Å²) in [6.07, 6.45) is 2.50. The first-order valence-electron chi connectivity index (χ1n) is 6.13. The fourth-order valence-corrected chi connectivity index (χ4v) is 2.91. The molecule has 0 amide bonds. The first-order valence-corrected chi connectivity index (χ1v) is 7.01. The van der Waals surface area contributed by atoms with Crippen LogP contribution in [0, 0.1) is 5.92 Å². The van der Waals surface area contributed by atoms with Gasteiger partial charge in [-0.15, -0.1) is 11.3 Å². The molecule has 0 saturated heterocycles. The van der Waals surface area contributed by atoms with Gasteiger partial charge in [-0.05, 0) is 43.0 Å². The predicted octanol–water partition coefficient (Wildman–Crippen LogP) is 3.23. The van der Waals surface area contributed by atoms with Crippen LogP contribution in [-0.2, 0) is 0 Å². The lowest BCUT2D eigenvalue weighted by atomic mass is 10.1. The number of ether oxygens (including phenoxy) is 1. The van der Waals surface area contributed by atoms with E-state index in [0.717, 1.165) is 22.0 Å². The second-order valence-corrected chi connectivity index (χ2v) is 5.55. The molecule has 1 unspecified atom stereocenters. The van der Waals surface area contributed by atoms with Crippen molar-refractivity contribution in [1.82, 2.24) is 4.98 Å². The summed E-state index contributed by atoms with van der Waals surface area (Å²) in [5.74, 6) is 1.52. The topological polar surface area (TPSA) is 48.1 Å². The molecule has 3 rings (SSSR count). The molecule has 1 aromatic carbocycles.